The van der Waals surface area contributed by atoms with Gasteiger partial charge in [0.2, 0.25) is 5.95 Å². The van der Waals surface area contributed by atoms with E-state index in [1.807, 2.05) is 0 Å². The number of nitrogen functional groups attached to an aromatic ring is 1. The number of rotatable bonds is 5. The minimum absolute atomic E-state index is 0.163. The molecule has 0 aliphatic heterocycles. The van der Waals surface area contributed by atoms with Crippen LogP contribution in [0.2, 0.25) is 0 Å². The highest BCUT2D eigenvalue weighted by Gasteiger charge is 2.14. The van der Waals surface area contributed by atoms with Crippen LogP contribution < -0.4 is 11.1 Å². The number of aliphatic hydroxyl groups is 1. The highest BCUT2D eigenvalue weighted by atomic mass is 16.4. The number of aliphatic carboxylic acids is 1. The fraction of sp³-hybridized carbons (Fsp3) is 0.375. The van der Waals surface area contributed by atoms with Crippen LogP contribution in [0.25, 0.3) is 0 Å². The van der Waals surface area contributed by atoms with Crippen LogP contribution in [0.1, 0.15) is 5.56 Å². The summed E-state index contributed by atoms with van der Waals surface area (Å²) in [5, 5.41) is 20.0. The van der Waals surface area contributed by atoms with Crippen molar-refractivity contribution in [1.82, 2.24) is 15.3 Å². The SMILES string of the molecule is Nc1ncc(CN[C@@H](CO)C(=O)O)cn1. The molecule has 0 amide bonds. The number of hydrogen-bond acceptors (Lipinski definition) is 6. The maximum Gasteiger partial charge on any atom is 0.323 e. The number of nitrogens with one attached hydrogen (secondary N) is 1. The number of nitrogens with two attached hydrogens (primary N) is 1. The lowest BCUT2D eigenvalue weighted by molar-refractivity contribution is -0.140. The summed E-state index contributed by atoms with van der Waals surface area (Å²) in [7, 11) is 0. The number of anilines is 1. The van der Waals surface area contributed by atoms with Crippen LogP contribution >= 0.6 is 0 Å². The minimum Gasteiger partial charge on any atom is -0.480 e. The molecule has 0 unspecified atom stereocenters. The quantitative estimate of drug-likeness (QED) is 0.473. The standard InChI is InChI=1S/C8H12N4O3/c9-8-11-2-5(3-12-8)1-10-6(4-13)7(14)15/h2-3,6,10,13H,1,4H2,(H,14,15)(H2,9,11,12)/t6-/m0/s1. The Morgan fingerprint density at radius 3 is 2.60 bits per heavy atom. The first-order valence-electron chi connectivity index (χ1n) is 4.27. The molecule has 0 aromatic carbocycles. The summed E-state index contributed by atoms with van der Waals surface area (Å²) in [5.74, 6) is -0.940. The average molecular weight is 212 g/mol. The van der Waals surface area contributed by atoms with E-state index in [1.54, 1.807) is 0 Å². The Kier molecular flexibility index (Phi) is 3.95. The number of carboxylic acid groups (broad SMARTS) is 1. The van der Waals surface area contributed by atoms with Crippen molar-refractivity contribution in [1.29, 1.82) is 0 Å². The minimum atomic E-state index is -1.10. The van der Waals surface area contributed by atoms with Gasteiger partial charge in [0.15, 0.2) is 0 Å². The summed E-state index contributed by atoms with van der Waals surface area (Å²) in [6, 6.07) is -0.984. The Balaban J connectivity index is 2.49. The first kappa shape index (κ1) is 11.3. The maximum absolute atomic E-state index is 10.5. The molecular weight excluding hydrogens is 200 g/mol. The van der Waals surface area contributed by atoms with Crippen molar-refractivity contribution >= 4 is 11.9 Å². The molecule has 82 valence electrons. The van der Waals surface area contributed by atoms with E-state index in [9.17, 15) is 4.79 Å². The second-order valence-corrected chi connectivity index (χ2v) is 2.90. The number of hydrogen-bond donors (Lipinski definition) is 4. The molecule has 0 aliphatic rings. The first-order valence-corrected chi connectivity index (χ1v) is 4.27. The number of nitrogens with zero attached hydrogens (tertiary/aromatic N) is 2. The third kappa shape index (κ3) is 3.49. The number of carbonyl (C=O) groups is 1. The second kappa shape index (κ2) is 5.23. The number of aromatic nitrogens is 2. The lowest BCUT2D eigenvalue weighted by Crippen LogP contribution is -2.39. The van der Waals surface area contributed by atoms with E-state index in [-0.39, 0.29) is 12.5 Å². The monoisotopic (exact) mass is 212 g/mol. The van der Waals surface area contributed by atoms with Gasteiger partial charge in [-0.15, -0.1) is 0 Å². The van der Waals surface area contributed by atoms with E-state index in [4.69, 9.17) is 15.9 Å². The van der Waals surface area contributed by atoms with Gasteiger partial charge in [0.1, 0.15) is 6.04 Å². The van der Waals surface area contributed by atoms with Crippen molar-refractivity contribution in [2.24, 2.45) is 0 Å². The molecule has 1 heterocycles. The zero-order valence-electron chi connectivity index (χ0n) is 7.92. The lowest BCUT2D eigenvalue weighted by atomic mass is 10.3. The molecule has 0 bridgehead atoms. The van der Waals surface area contributed by atoms with E-state index >= 15 is 0 Å². The Labute approximate surface area is 86.0 Å². The molecule has 7 nitrogen and oxygen atoms in total. The Bertz CT molecular complexity index is 327. The van der Waals surface area contributed by atoms with Gasteiger partial charge in [-0.1, -0.05) is 0 Å². The molecule has 0 aliphatic carbocycles. The van der Waals surface area contributed by atoms with Crippen molar-refractivity contribution in [2.75, 3.05) is 12.3 Å². The molecule has 1 atom stereocenters. The van der Waals surface area contributed by atoms with Gasteiger partial charge in [0.05, 0.1) is 6.61 Å². The van der Waals surface area contributed by atoms with Crippen molar-refractivity contribution in [3.05, 3.63) is 18.0 Å². The average Bonchev–Trinajstić information content (AvgIpc) is 2.21. The molecular formula is C8H12N4O3. The van der Waals surface area contributed by atoms with Crippen LogP contribution in [0.4, 0.5) is 5.95 Å². The molecule has 1 rings (SSSR count). The van der Waals surface area contributed by atoms with Crippen molar-refractivity contribution < 1.29 is 15.0 Å². The van der Waals surface area contributed by atoms with Gasteiger partial charge in [-0.2, -0.15) is 0 Å². The zero-order valence-corrected chi connectivity index (χ0v) is 7.92. The normalized spacial score (nSPS) is 12.3. The lowest BCUT2D eigenvalue weighted by Gasteiger charge is -2.10. The molecule has 0 fully saturated rings. The van der Waals surface area contributed by atoms with E-state index in [0.717, 1.165) is 0 Å². The predicted molar refractivity (Wildman–Crippen MR) is 51.8 cm³/mol. The van der Waals surface area contributed by atoms with Gasteiger partial charge < -0.3 is 15.9 Å². The van der Waals surface area contributed by atoms with Gasteiger partial charge in [-0.05, 0) is 0 Å². The van der Waals surface area contributed by atoms with Crippen molar-refractivity contribution in [3.63, 3.8) is 0 Å². The maximum atomic E-state index is 10.5. The topological polar surface area (TPSA) is 121 Å². The Hall–Kier alpha value is -1.73. The molecule has 0 saturated carbocycles. The predicted octanol–water partition coefficient (Wildman–Crippen LogP) is -1.41. The van der Waals surface area contributed by atoms with Crippen LogP contribution in [0.3, 0.4) is 0 Å². The van der Waals surface area contributed by atoms with E-state index in [0.29, 0.717) is 5.56 Å². The largest absolute Gasteiger partial charge is 0.480 e. The van der Waals surface area contributed by atoms with Crippen LogP contribution in [-0.4, -0.2) is 38.8 Å². The summed E-state index contributed by atoms with van der Waals surface area (Å²) in [6.45, 7) is -0.205. The molecule has 0 spiro atoms. The summed E-state index contributed by atoms with van der Waals surface area (Å²) in [4.78, 5) is 18.0. The molecule has 1 aromatic rings. The van der Waals surface area contributed by atoms with Crippen molar-refractivity contribution in [2.45, 2.75) is 12.6 Å². The van der Waals surface area contributed by atoms with E-state index in [2.05, 4.69) is 15.3 Å². The zero-order chi connectivity index (χ0) is 11.3. The van der Waals surface area contributed by atoms with Crippen LogP contribution in [0, 0.1) is 0 Å². The smallest absolute Gasteiger partial charge is 0.323 e. The van der Waals surface area contributed by atoms with Crippen molar-refractivity contribution in [3.8, 4) is 0 Å². The van der Waals surface area contributed by atoms with Gasteiger partial charge in [-0.25, -0.2) is 9.97 Å². The Morgan fingerprint density at radius 1 is 1.53 bits per heavy atom. The molecule has 0 saturated heterocycles. The van der Waals surface area contributed by atoms with Gasteiger partial charge in [-0.3, -0.25) is 10.1 Å². The highest BCUT2D eigenvalue weighted by Crippen LogP contribution is 1.97. The van der Waals surface area contributed by atoms with Gasteiger partial charge in [0.25, 0.3) is 0 Å². The van der Waals surface area contributed by atoms with E-state index in [1.165, 1.54) is 12.4 Å². The fourth-order valence-electron chi connectivity index (χ4n) is 0.927. The molecule has 5 N–H and O–H groups in total. The van der Waals surface area contributed by atoms with E-state index < -0.39 is 18.6 Å². The van der Waals surface area contributed by atoms with Gasteiger partial charge >= 0.3 is 5.97 Å². The van der Waals surface area contributed by atoms with Crippen LogP contribution in [0.5, 0.6) is 0 Å². The third-order valence-electron chi connectivity index (χ3n) is 1.76. The van der Waals surface area contributed by atoms with Crippen LogP contribution in [-0.2, 0) is 11.3 Å². The summed E-state index contributed by atoms with van der Waals surface area (Å²) < 4.78 is 0. The molecule has 15 heavy (non-hydrogen) atoms. The Morgan fingerprint density at radius 2 is 2.13 bits per heavy atom. The summed E-state index contributed by atoms with van der Waals surface area (Å²) in [6.07, 6.45) is 2.98. The fourth-order valence-corrected chi connectivity index (χ4v) is 0.927. The first-order chi connectivity index (χ1) is 7.13. The van der Waals surface area contributed by atoms with Gasteiger partial charge in [0, 0.05) is 24.5 Å². The molecule has 7 heteroatoms. The molecule has 1 aromatic heterocycles. The third-order valence-corrected chi connectivity index (χ3v) is 1.76. The summed E-state index contributed by atoms with van der Waals surface area (Å²) >= 11 is 0. The molecule has 0 radical (unpaired) electrons. The number of aliphatic hydroxyl groups excluding tert-OH is 1. The second-order valence-electron chi connectivity index (χ2n) is 2.90. The number of carboxylic acids is 1. The van der Waals surface area contributed by atoms with Crippen LogP contribution in [0.15, 0.2) is 12.4 Å². The summed E-state index contributed by atoms with van der Waals surface area (Å²) in [5.41, 5.74) is 5.98. The highest BCUT2D eigenvalue weighted by molar-refractivity contribution is 5.73.